The van der Waals surface area contributed by atoms with Crippen molar-refractivity contribution in [1.82, 2.24) is 5.32 Å². The van der Waals surface area contributed by atoms with Crippen molar-refractivity contribution < 1.29 is 9.13 Å². The molecule has 2 nitrogen and oxygen atoms in total. The van der Waals surface area contributed by atoms with Gasteiger partial charge in [0.1, 0.15) is 11.6 Å². The molecule has 0 aliphatic carbocycles. The fourth-order valence-electron chi connectivity index (χ4n) is 1.79. The number of para-hydroxylation sites is 1. The zero-order valence-electron chi connectivity index (χ0n) is 11.8. The van der Waals surface area contributed by atoms with E-state index in [1.165, 1.54) is 18.2 Å². The predicted octanol–water partition coefficient (Wildman–Crippen LogP) is 5.42. The number of hydrogen-bond donors (Lipinski definition) is 1. The van der Waals surface area contributed by atoms with Gasteiger partial charge in [-0.3, -0.25) is 0 Å². The summed E-state index contributed by atoms with van der Waals surface area (Å²) in [4.78, 5) is 0. The predicted molar refractivity (Wildman–Crippen MR) is 84.9 cm³/mol. The molecule has 21 heavy (non-hydrogen) atoms. The van der Waals surface area contributed by atoms with Gasteiger partial charge in [0.05, 0.1) is 10.0 Å². The number of ether oxygens (including phenoxy) is 1. The summed E-state index contributed by atoms with van der Waals surface area (Å²) in [6.45, 7) is 4.73. The first-order chi connectivity index (χ1) is 9.97. The van der Waals surface area contributed by atoms with Crippen LogP contribution in [0.1, 0.15) is 19.4 Å². The summed E-state index contributed by atoms with van der Waals surface area (Å²) in [7, 11) is 0. The van der Waals surface area contributed by atoms with E-state index in [0.717, 1.165) is 5.56 Å². The van der Waals surface area contributed by atoms with Crippen LogP contribution in [0.4, 0.5) is 4.39 Å². The van der Waals surface area contributed by atoms with Gasteiger partial charge in [-0.25, -0.2) is 4.39 Å². The van der Waals surface area contributed by atoms with Gasteiger partial charge in [0.2, 0.25) is 0 Å². The van der Waals surface area contributed by atoms with E-state index in [0.29, 0.717) is 29.1 Å². The van der Waals surface area contributed by atoms with Crippen molar-refractivity contribution >= 4 is 23.2 Å². The summed E-state index contributed by atoms with van der Waals surface area (Å²) in [5, 5.41) is 4.00. The maximum Gasteiger partial charge on any atom is 0.150 e. The molecule has 2 rings (SSSR count). The molecule has 0 atom stereocenters. The molecule has 0 heterocycles. The van der Waals surface area contributed by atoms with Crippen LogP contribution >= 0.6 is 23.2 Å². The summed E-state index contributed by atoms with van der Waals surface area (Å²) >= 11 is 12.2. The Labute approximate surface area is 133 Å². The summed E-state index contributed by atoms with van der Waals surface area (Å²) in [5.74, 6) is 0.492. The maximum atomic E-state index is 13.1. The molecular formula is C16H16Cl2FNO. The highest BCUT2D eigenvalue weighted by Crippen LogP contribution is 2.36. The van der Waals surface area contributed by atoms with Crippen LogP contribution in [0.3, 0.4) is 0 Å². The van der Waals surface area contributed by atoms with Crippen molar-refractivity contribution in [3.63, 3.8) is 0 Å². The van der Waals surface area contributed by atoms with E-state index in [1.54, 1.807) is 6.07 Å². The molecule has 0 aliphatic rings. The maximum absolute atomic E-state index is 13.1. The lowest BCUT2D eigenvalue weighted by Crippen LogP contribution is -2.22. The second-order valence-electron chi connectivity index (χ2n) is 4.94. The topological polar surface area (TPSA) is 21.3 Å². The molecule has 0 radical (unpaired) electrons. The number of halogens is 3. The molecule has 112 valence electrons. The quantitative estimate of drug-likeness (QED) is 0.791. The van der Waals surface area contributed by atoms with E-state index in [2.05, 4.69) is 19.2 Å². The lowest BCUT2D eigenvalue weighted by Gasteiger charge is -2.15. The average Bonchev–Trinajstić information content (AvgIpc) is 2.42. The highest BCUT2D eigenvalue weighted by atomic mass is 35.5. The van der Waals surface area contributed by atoms with E-state index < -0.39 is 5.82 Å². The van der Waals surface area contributed by atoms with Crippen LogP contribution in [-0.4, -0.2) is 6.04 Å². The van der Waals surface area contributed by atoms with Crippen molar-refractivity contribution in [2.24, 2.45) is 0 Å². The van der Waals surface area contributed by atoms with E-state index in [4.69, 9.17) is 27.9 Å². The van der Waals surface area contributed by atoms with Crippen molar-refractivity contribution in [3.8, 4) is 11.5 Å². The van der Waals surface area contributed by atoms with Crippen molar-refractivity contribution in [1.29, 1.82) is 0 Å². The van der Waals surface area contributed by atoms with E-state index in [9.17, 15) is 4.39 Å². The van der Waals surface area contributed by atoms with Crippen molar-refractivity contribution in [2.45, 2.75) is 26.4 Å². The Morgan fingerprint density at radius 2 is 1.90 bits per heavy atom. The zero-order valence-corrected chi connectivity index (χ0v) is 13.3. The molecule has 0 saturated carbocycles. The van der Waals surface area contributed by atoms with Gasteiger partial charge in [-0.2, -0.15) is 0 Å². The van der Waals surface area contributed by atoms with Gasteiger partial charge >= 0.3 is 0 Å². The summed E-state index contributed by atoms with van der Waals surface area (Å²) in [6, 6.07) is 9.86. The lowest BCUT2D eigenvalue weighted by molar-refractivity contribution is 0.468. The van der Waals surface area contributed by atoms with E-state index in [1.807, 2.05) is 12.1 Å². The molecule has 1 N–H and O–H groups in total. The van der Waals surface area contributed by atoms with Gasteiger partial charge in [0, 0.05) is 18.2 Å². The molecule has 5 heteroatoms. The second-order valence-corrected chi connectivity index (χ2v) is 5.75. The highest BCUT2D eigenvalue weighted by molar-refractivity contribution is 6.33. The molecule has 0 unspecified atom stereocenters. The monoisotopic (exact) mass is 327 g/mol. The Hall–Kier alpha value is -1.29. The lowest BCUT2D eigenvalue weighted by atomic mass is 10.2. The number of hydrogen-bond acceptors (Lipinski definition) is 2. The average molecular weight is 328 g/mol. The third kappa shape index (κ3) is 4.34. The second kappa shape index (κ2) is 7.12. The first-order valence-corrected chi connectivity index (χ1v) is 7.36. The molecule has 0 bridgehead atoms. The first kappa shape index (κ1) is 16.1. The van der Waals surface area contributed by atoms with Crippen LogP contribution in [0.15, 0.2) is 36.4 Å². The summed E-state index contributed by atoms with van der Waals surface area (Å²) < 4.78 is 18.9. The van der Waals surface area contributed by atoms with Gasteiger partial charge in [-0.15, -0.1) is 0 Å². The molecule has 0 fully saturated rings. The van der Waals surface area contributed by atoms with Crippen LogP contribution in [-0.2, 0) is 6.54 Å². The first-order valence-electron chi connectivity index (χ1n) is 6.61. The fraction of sp³-hybridized carbons (Fsp3) is 0.250. The Kier molecular flexibility index (Phi) is 5.45. The van der Waals surface area contributed by atoms with Crippen LogP contribution < -0.4 is 10.1 Å². The van der Waals surface area contributed by atoms with Gasteiger partial charge in [0.15, 0.2) is 5.75 Å². The molecule has 0 amide bonds. The Morgan fingerprint density at radius 1 is 1.14 bits per heavy atom. The smallest absolute Gasteiger partial charge is 0.150 e. The van der Waals surface area contributed by atoms with Gasteiger partial charge in [-0.1, -0.05) is 49.2 Å². The van der Waals surface area contributed by atoms with Gasteiger partial charge in [0.25, 0.3) is 0 Å². The van der Waals surface area contributed by atoms with Gasteiger partial charge < -0.3 is 10.1 Å². The standard InChI is InChI=1S/C16H16Cl2FNO/c1-10(2)20-9-11-4-3-5-13(17)16(11)21-15-7-6-12(19)8-14(15)18/h3-8,10,20H,9H2,1-2H3. The zero-order chi connectivity index (χ0) is 15.4. The van der Waals surface area contributed by atoms with Crippen LogP contribution in [0, 0.1) is 5.82 Å². The van der Waals surface area contributed by atoms with Crippen molar-refractivity contribution in [2.75, 3.05) is 0 Å². The number of nitrogens with one attached hydrogen (secondary N) is 1. The fourth-order valence-corrected chi connectivity index (χ4v) is 2.23. The Bertz CT molecular complexity index is 632. The van der Waals surface area contributed by atoms with Crippen LogP contribution in [0.2, 0.25) is 10.0 Å². The SMILES string of the molecule is CC(C)NCc1cccc(Cl)c1Oc1ccc(F)cc1Cl. The number of rotatable bonds is 5. The van der Waals surface area contributed by atoms with Crippen LogP contribution in [0.5, 0.6) is 11.5 Å². The minimum Gasteiger partial charge on any atom is -0.454 e. The minimum absolute atomic E-state index is 0.206. The van der Waals surface area contributed by atoms with Crippen molar-refractivity contribution in [3.05, 3.63) is 57.8 Å². The molecule has 0 aliphatic heterocycles. The van der Waals surface area contributed by atoms with Crippen LogP contribution in [0.25, 0.3) is 0 Å². The Balaban J connectivity index is 2.29. The number of benzene rings is 2. The molecule has 2 aromatic rings. The molecular weight excluding hydrogens is 312 g/mol. The largest absolute Gasteiger partial charge is 0.454 e. The summed E-state index contributed by atoms with van der Waals surface area (Å²) in [5.41, 5.74) is 0.914. The van der Waals surface area contributed by atoms with E-state index >= 15 is 0 Å². The third-order valence-corrected chi connectivity index (χ3v) is 3.45. The summed E-state index contributed by atoms with van der Waals surface area (Å²) in [6.07, 6.45) is 0. The molecule has 0 spiro atoms. The molecule has 0 aromatic heterocycles. The third-order valence-electron chi connectivity index (χ3n) is 2.86. The Morgan fingerprint density at radius 3 is 2.57 bits per heavy atom. The van der Waals surface area contributed by atoms with E-state index in [-0.39, 0.29) is 5.02 Å². The molecule has 2 aromatic carbocycles. The minimum atomic E-state index is -0.409. The normalized spacial score (nSPS) is 11.0. The molecule has 0 saturated heterocycles. The highest BCUT2D eigenvalue weighted by Gasteiger charge is 2.12. The van der Waals surface area contributed by atoms with Gasteiger partial charge in [-0.05, 0) is 24.3 Å².